The molecule has 1 fully saturated rings. The Bertz CT molecular complexity index is 718. The van der Waals surface area contributed by atoms with Crippen LogP contribution >= 0.6 is 15.9 Å². The smallest absolute Gasteiger partial charge is 0.239 e. The van der Waals surface area contributed by atoms with Crippen molar-refractivity contribution in [1.82, 2.24) is 5.32 Å². The number of amides is 2. The molecule has 23 heavy (non-hydrogen) atoms. The number of hydrogen-bond donors (Lipinski definition) is 1. The van der Waals surface area contributed by atoms with Crippen molar-refractivity contribution in [3.63, 3.8) is 0 Å². The van der Waals surface area contributed by atoms with E-state index in [0.717, 1.165) is 15.7 Å². The monoisotopic (exact) mass is 372 g/mol. The zero-order chi connectivity index (χ0) is 16.2. The van der Waals surface area contributed by atoms with Crippen molar-refractivity contribution in [3.8, 4) is 0 Å². The van der Waals surface area contributed by atoms with E-state index in [4.69, 9.17) is 0 Å². The van der Waals surface area contributed by atoms with Gasteiger partial charge in [-0.15, -0.1) is 0 Å². The summed E-state index contributed by atoms with van der Waals surface area (Å²) in [6.45, 7) is 1.01. The number of nitrogens with zero attached hydrogens (tertiary/aromatic N) is 1. The lowest BCUT2D eigenvalue weighted by atomic mass is 10.1. The highest BCUT2D eigenvalue weighted by molar-refractivity contribution is 9.10. The highest BCUT2D eigenvalue weighted by Crippen LogP contribution is 2.25. The molecule has 0 saturated carbocycles. The van der Waals surface area contributed by atoms with Crippen LogP contribution in [-0.4, -0.2) is 18.4 Å². The second kappa shape index (κ2) is 6.96. The van der Waals surface area contributed by atoms with Crippen LogP contribution in [0.25, 0.3) is 0 Å². The van der Waals surface area contributed by atoms with Gasteiger partial charge in [-0.3, -0.25) is 9.59 Å². The van der Waals surface area contributed by atoms with E-state index in [-0.39, 0.29) is 11.8 Å². The molecule has 0 aliphatic carbocycles. The molecule has 2 amide bonds. The number of rotatable bonds is 4. The highest BCUT2D eigenvalue weighted by Gasteiger charge is 2.37. The first-order chi connectivity index (χ1) is 11.1. The lowest BCUT2D eigenvalue weighted by molar-refractivity contribution is -0.132. The minimum atomic E-state index is -0.595. The summed E-state index contributed by atoms with van der Waals surface area (Å²) in [6.07, 6.45) is 0.554. The van der Waals surface area contributed by atoms with Gasteiger partial charge in [0.1, 0.15) is 5.92 Å². The Morgan fingerprint density at radius 1 is 1.17 bits per heavy atom. The van der Waals surface area contributed by atoms with E-state index in [1.807, 2.05) is 54.6 Å². The average molecular weight is 373 g/mol. The topological polar surface area (TPSA) is 49.4 Å². The molecular weight excluding hydrogens is 356 g/mol. The molecule has 1 aliphatic rings. The fourth-order valence-corrected chi connectivity index (χ4v) is 3.19. The van der Waals surface area contributed by atoms with E-state index in [1.165, 1.54) is 0 Å². The predicted octanol–water partition coefficient (Wildman–Crippen LogP) is 3.12. The molecule has 118 valence electrons. The van der Waals surface area contributed by atoms with E-state index in [1.54, 1.807) is 4.90 Å². The van der Waals surface area contributed by atoms with Crippen LogP contribution in [0.15, 0.2) is 59.1 Å². The van der Waals surface area contributed by atoms with Crippen LogP contribution in [0.2, 0.25) is 0 Å². The summed E-state index contributed by atoms with van der Waals surface area (Å²) in [5.41, 5.74) is 1.85. The van der Waals surface area contributed by atoms with Gasteiger partial charge in [0.25, 0.3) is 0 Å². The van der Waals surface area contributed by atoms with E-state index in [2.05, 4.69) is 21.2 Å². The molecule has 0 aromatic heterocycles. The van der Waals surface area contributed by atoms with Crippen molar-refractivity contribution in [2.45, 2.75) is 13.0 Å². The lowest BCUT2D eigenvalue weighted by Crippen LogP contribution is -2.36. The van der Waals surface area contributed by atoms with Crippen LogP contribution in [0.3, 0.4) is 0 Å². The Labute approximate surface area is 143 Å². The van der Waals surface area contributed by atoms with Crippen molar-refractivity contribution in [2.75, 3.05) is 11.4 Å². The first kappa shape index (κ1) is 15.7. The number of carbonyl (C=O) groups excluding carboxylic acids is 2. The first-order valence-corrected chi connectivity index (χ1v) is 8.33. The van der Waals surface area contributed by atoms with Gasteiger partial charge < -0.3 is 10.2 Å². The fraction of sp³-hybridized carbons (Fsp3) is 0.222. The maximum absolute atomic E-state index is 12.5. The summed E-state index contributed by atoms with van der Waals surface area (Å²) in [4.78, 5) is 26.5. The van der Waals surface area contributed by atoms with Crippen molar-refractivity contribution in [3.05, 3.63) is 64.6 Å². The van der Waals surface area contributed by atoms with Crippen LogP contribution in [0.5, 0.6) is 0 Å². The predicted molar refractivity (Wildman–Crippen MR) is 92.9 cm³/mol. The van der Waals surface area contributed by atoms with Crippen LogP contribution in [0.4, 0.5) is 5.69 Å². The third-order valence-electron chi connectivity index (χ3n) is 3.95. The Balaban J connectivity index is 1.61. The maximum atomic E-state index is 12.5. The summed E-state index contributed by atoms with van der Waals surface area (Å²) >= 11 is 3.41. The van der Waals surface area contributed by atoms with Crippen molar-refractivity contribution >= 4 is 33.4 Å². The molecule has 1 N–H and O–H groups in total. The summed E-state index contributed by atoms with van der Waals surface area (Å²) < 4.78 is 0.969. The molecule has 1 saturated heterocycles. The fourth-order valence-electron chi connectivity index (χ4n) is 2.75. The van der Waals surface area contributed by atoms with Crippen LogP contribution in [0, 0.1) is 5.92 Å². The Morgan fingerprint density at radius 3 is 2.70 bits per heavy atom. The second-order valence-electron chi connectivity index (χ2n) is 5.51. The van der Waals surface area contributed by atoms with Gasteiger partial charge >= 0.3 is 0 Å². The Morgan fingerprint density at radius 2 is 1.96 bits per heavy atom. The van der Waals surface area contributed by atoms with E-state index in [9.17, 15) is 9.59 Å². The summed E-state index contributed by atoms with van der Waals surface area (Å²) in [6, 6.07) is 17.2. The number of nitrogens with one attached hydrogen (secondary N) is 1. The van der Waals surface area contributed by atoms with Crippen molar-refractivity contribution in [1.29, 1.82) is 0 Å². The minimum Gasteiger partial charge on any atom is -0.351 e. The van der Waals surface area contributed by atoms with E-state index < -0.39 is 5.92 Å². The van der Waals surface area contributed by atoms with Crippen molar-refractivity contribution in [2.24, 2.45) is 5.92 Å². The summed E-state index contributed by atoms with van der Waals surface area (Å²) in [5.74, 6) is -0.918. The van der Waals surface area contributed by atoms with Crippen LogP contribution in [-0.2, 0) is 16.1 Å². The van der Waals surface area contributed by atoms with Crippen molar-refractivity contribution < 1.29 is 9.59 Å². The first-order valence-electron chi connectivity index (χ1n) is 7.54. The second-order valence-corrected chi connectivity index (χ2v) is 6.43. The zero-order valence-electron chi connectivity index (χ0n) is 12.5. The van der Waals surface area contributed by atoms with Gasteiger partial charge in [-0.1, -0.05) is 46.3 Å². The zero-order valence-corrected chi connectivity index (χ0v) is 14.1. The van der Waals surface area contributed by atoms with Gasteiger partial charge in [0.2, 0.25) is 11.8 Å². The molecule has 1 atom stereocenters. The summed E-state index contributed by atoms with van der Waals surface area (Å²) in [5, 5.41) is 2.86. The van der Waals surface area contributed by atoms with Crippen LogP contribution in [0.1, 0.15) is 12.0 Å². The minimum absolute atomic E-state index is 0.122. The Kier molecular flexibility index (Phi) is 4.76. The number of anilines is 1. The normalized spacial score (nSPS) is 17.3. The summed E-state index contributed by atoms with van der Waals surface area (Å²) in [7, 11) is 0. The Hall–Kier alpha value is -2.14. The molecule has 4 nitrogen and oxygen atoms in total. The molecule has 5 heteroatoms. The SMILES string of the molecule is O=C(NCc1cccc(Br)c1)C1CCN(c2ccccc2)C1=O. The van der Waals surface area contributed by atoms with Gasteiger partial charge in [0, 0.05) is 23.2 Å². The molecule has 0 spiro atoms. The van der Waals surface area contributed by atoms with Gasteiger partial charge in [0.05, 0.1) is 0 Å². The number of halogens is 1. The number of benzene rings is 2. The largest absolute Gasteiger partial charge is 0.351 e. The van der Waals surface area contributed by atoms with E-state index >= 15 is 0 Å². The lowest BCUT2D eigenvalue weighted by Gasteiger charge is -2.16. The molecular formula is C18H17BrN2O2. The van der Waals surface area contributed by atoms with Crippen LogP contribution < -0.4 is 10.2 Å². The standard InChI is InChI=1S/C18H17BrN2O2/c19-14-6-4-5-13(11-14)12-20-17(22)16-9-10-21(18(16)23)15-7-2-1-3-8-15/h1-8,11,16H,9-10,12H2,(H,20,22). The third-order valence-corrected chi connectivity index (χ3v) is 4.44. The molecule has 1 unspecified atom stereocenters. The molecule has 0 radical (unpaired) electrons. The quantitative estimate of drug-likeness (QED) is 0.838. The molecule has 0 bridgehead atoms. The average Bonchev–Trinajstić information content (AvgIpc) is 2.95. The number of para-hydroxylation sites is 1. The molecule has 2 aromatic rings. The molecule has 2 aromatic carbocycles. The van der Waals surface area contributed by atoms with Gasteiger partial charge in [0.15, 0.2) is 0 Å². The highest BCUT2D eigenvalue weighted by atomic mass is 79.9. The molecule has 1 aliphatic heterocycles. The number of carbonyl (C=O) groups is 2. The molecule has 1 heterocycles. The van der Waals surface area contributed by atoms with Gasteiger partial charge in [-0.2, -0.15) is 0 Å². The number of hydrogen-bond acceptors (Lipinski definition) is 2. The maximum Gasteiger partial charge on any atom is 0.239 e. The molecule has 3 rings (SSSR count). The van der Waals surface area contributed by atoms with Gasteiger partial charge in [-0.05, 0) is 36.2 Å². The van der Waals surface area contributed by atoms with E-state index in [0.29, 0.717) is 19.5 Å². The van der Waals surface area contributed by atoms with Gasteiger partial charge in [-0.25, -0.2) is 0 Å². The third kappa shape index (κ3) is 3.62.